The number of aromatic nitrogens is 4. The van der Waals surface area contributed by atoms with Gasteiger partial charge in [0.05, 0.1) is 17.8 Å². The minimum absolute atomic E-state index is 0.0120. The number of likely N-dealkylation sites (tertiary alicyclic amines) is 1. The molecule has 0 spiro atoms. The number of hydrogen-bond acceptors (Lipinski definition) is 4. The van der Waals surface area contributed by atoms with E-state index in [-0.39, 0.29) is 11.8 Å². The number of piperidine rings is 1. The Hall–Kier alpha value is -2.93. The first-order valence-electron chi connectivity index (χ1n) is 9.70. The Kier molecular flexibility index (Phi) is 5.25. The van der Waals surface area contributed by atoms with Crippen LogP contribution < -0.4 is 5.32 Å². The average Bonchev–Trinajstić information content (AvgIpc) is 3.35. The lowest BCUT2D eigenvalue weighted by atomic mass is 9.96. The lowest BCUT2D eigenvalue weighted by Crippen LogP contribution is -2.40. The number of carbonyl (C=O) groups is 1. The number of H-pyrrole nitrogens is 1. The molecule has 0 saturated carbocycles. The first-order valence-corrected chi connectivity index (χ1v) is 9.70. The number of amides is 1. The maximum atomic E-state index is 12.8. The van der Waals surface area contributed by atoms with Crippen molar-refractivity contribution >= 4 is 11.6 Å². The number of hydrogen-bond donors (Lipinski definition) is 2. The highest BCUT2D eigenvalue weighted by Gasteiger charge is 2.26. The van der Waals surface area contributed by atoms with E-state index in [1.54, 1.807) is 6.20 Å². The van der Waals surface area contributed by atoms with Gasteiger partial charge in [-0.2, -0.15) is 10.2 Å². The van der Waals surface area contributed by atoms with Crippen molar-refractivity contribution in [2.24, 2.45) is 13.0 Å². The molecule has 3 heterocycles. The molecule has 1 amide bonds. The van der Waals surface area contributed by atoms with Gasteiger partial charge in [-0.15, -0.1) is 0 Å². The van der Waals surface area contributed by atoms with E-state index < -0.39 is 0 Å². The zero-order valence-corrected chi connectivity index (χ0v) is 16.4. The molecule has 0 radical (unpaired) electrons. The van der Waals surface area contributed by atoms with Crippen molar-refractivity contribution in [3.05, 3.63) is 54.0 Å². The van der Waals surface area contributed by atoms with Crippen molar-refractivity contribution in [2.75, 3.05) is 18.4 Å². The molecule has 2 aromatic heterocycles. The Morgan fingerprint density at radius 1 is 1.29 bits per heavy atom. The summed E-state index contributed by atoms with van der Waals surface area (Å²) in [6.07, 6.45) is 5.63. The highest BCUT2D eigenvalue weighted by atomic mass is 16.1. The molecule has 28 heavy (non-hydrogen) atoms. The monoisotopic (exact) mass is 378 g/mol. The number of aryl methyl sites for hydroxylation is 1. The van der Waals surface area contributed by atoms with E-state index in [2.05, 4.69) is 32.4 Å². The van der Waals surface area contributed by atoms with Gasteiger partial charge < -0.3 is 5.32 Å². The highest BCUT2D eigenvalue weighted by Crippen LogP contribution is 2.23. The van der Waals surface area contributed by atoms with Crippen molar-refractivity contribution in [2.45, 2.75) is 26.3 Å². The lowest BCUT2D eigenvalue weighted by Gasteiger charge is -2.31. The summed E-state index contributed by atoms with van der Waals surface area (Å²) >= 11 is 0. The molecule has 0 unspecified atom stereocenters. The summed E-state index contributed by atoms with van der Waals surface area (Å²) in [5.41, 5.74) is 5.26. The van der Waals surface area contributed by atoms with Gasteiger partial charge in [0, 0.05) is 43.3 Å². The summed E-state index contributed by atoms with van der Waals surface area (Å²) in [7, 11) is 1.96. The zero-order chi connectivity index (χ0) is 19.5. The van der Waals surface area contributed by atoms with Crippen molar-refractivity contribution < 1.29 is 4.79 Å². The smallest absolute Gasteiger partial charge is 0.228 e. The van der Waals surface area contributed by atoms with Crippen LogP contribution in [0.15, 0.2) is 42.7 Å². The van der Waals surface area contributed by atoms with Gasteiger partial charge >= 0.3 is 0 Å². The second kappa shape index (κ2) is 7.98. The van der Waals surface area contributed by atoms with E-state index in [0.29, 0.717) is 0 Å². The number of carbonyl (C=O) groups excluding carboxylic acids is 1. The number of anilines is 1. The van der Waals surface area contributed by atoms with Gasteiger partial charge in [0.1, 0.15) is 0 Å². The second-order valence-corrected chi connectivity index (χ2v) is 7.49. The van der Waals surface area contributed by atoms with Crippen molar-refractivity contribution in [1.82, 2.24) is 24.9 Å². The molecular weight excluding hydrogens is 352 g/mol. The predicted molar refractivity (Wildman–Crippen MR) is 109 cm³/mol. The molecule has 1 atom stereocenters. The SMILES string of the molecule is Cc1c(CN2CCC[C@H](C(=O)Nc3ccc(-c4ccn[nH]4)cc3)C2)cnn1C. The van der Waals surface area contributed by atoms with Crippen molar-refractivity contribution in [3.8, 4) is 11.3 Å². The molecule has 1 fully saturated rings. The van der Waals surface area contributed by atoms with Crippen LogP contribution in [-0.2, 0) is 18.4 Å². The van der Waals surface area contributed by atoms with Gasteiger partial charge in [-0.3, -0.25) is 19.5 Å². The largest absolute Gasteiger partial charge is 0.326 e. The number of nitrogens with one attached hydrogen (secondary N) is 2. The summed E-state index contributed by atoms with van der Waals surface area (Å²) in [6.45, 7) is 4.75. The van der Waals surface area contributed by atoms with E-state index in [9.17, 15) is 4.79 Å². The maximum absolute atomic E-state index is 12.8. The normalized spacial score (nSPS) is 17.6. The van der Waals surface area contributed by atoms with Gasteiger partial charge in [-0.25, -0.2) is 0 Å². The van der Waals surface area contributed by atoms with Gasteiger partial charge in [0.25, 0.3) is 0 Å². The Morgan fingerprint density at radius 3 is 2.79 bits per heavy atom. The van der Waals surface area contributed by atoms with Gasteiger partial charge in [0.2, 0.25) is 5.91 Å². The van der Waals surface area contributed by atoms with E-state index in [0.717, 1.165) is 49.4 Å². The standard InChI is InChI=1S/C21H26N6O/c1-15-18(12-23-26(15)2)14-27-11-3-4-17(13-27)21(28)24-19-7-5-16(6-8-19)20-9-10-22-25-20/h5-10,12,17H,3-4,11,13-14H2,1-2H3,(H,22,25)(H,24,28)/t17-/m0/s1. The molecule has 0 aliphatic carbocycles. The number of benzene rings is 1. The quantitative estimate of drug-likeness (QED) is 0.715. The van der Waals surface area contributed by atoms with Crippen LogP contribution in [0.5, 0.6) is 0 Å². The van der Waals surface area contributed by atoms with Gasteiger partial charge in [-0.1, -0.05) is 12.1 Å². The maximum Gasteiger partial charge on any atom is 0.228 e. The van der Waals surface area contributed by atoms with Crippen LogP contribution in [-0.4, -0.2) is 43.9 Å². The predicted octanol–water partition coefficient (Wildman–Crippen LogP) is 2.97. The molecule has 1 aromatic carbocycles. The van der Waals surface area contributed by atoms with Gasteiger partial charge in [0.15, 0.2) is 0 Å². The molecule has 7 nitrogen and oxygen atoms in total. The first kappa shape index (κ1) is 18.4. The Bertz CT molecular complexity index is 928. The van der Waals surface area contributed by atoms with E-state index in [1.807, 2.05) is 48.3 Å². The van der Waals surface area contributed by atoms with Gasteiger partial charge in [-0.05, 0) is 50.1 Å². The minimum Gasteiger partial charge on any atom is -0.326 e. The fourth-order valence-corrected chi connectivity index (χ4v) is 3.75. The molecule has 146 valence electrons. The first-order chi connectivity index (χ1) is 13.6. The van der Waals surface area contributed by atoms with E-state index in [4.69, 9.17) is 0 Å². The minimum atomic E-state index is 0.0120. The van der Waals surface area contributed by atoms with Crippen LogP contribution >= 0.6 is 0 Å². The molecule has 7 heteroatoms. The molecule has 0 bridgehead atoms. The second-order valence-electron chi connectivity index (χ2n) is 7.49. The van der Waals surface area contributed by atoms with E-state index in [1.165, 1.54) is 11.3 Å². The molecule has 2 N–H and O–H groups in total. The zero-order valence-electron chi connectivity index (χ0n) is 16.4. The van der Waals surface area contributed by atoms with Crippen LogP contribution in [0.3, 0.4) is 0 Å². The topological polar surface area (TPSA) is 78.8 Å². The summed E-state index contributed by atoms with van der Waals surface area (Å²) in [5.74, 6) is 0.111. The summed E-state index contributed by atoms with van der Waals surface area (Å²) < 4.78 is 1.90. The van der Waals surface area contributed by atoms with Crippen LogP contribution in [0.2, 0.25) is 0 Å². The fraction of sp³-hybridized carbons (Fsp3) is 0.381. The Labute approximate surface area is 164 Å². The third kappa shape index (κ3) is 3.99. The molecule has 3 aromatic rings. The molecule has 1 aliphatic heterocycles. The summed E-state index contributed by atoms with van der Waals surface area (Å²) in [4.78, 5) is 15.1. The summed E-state index contributed by atoms with van der Waals surface area (Å²) in [6, 6.07) is 9.78. The van der Waals surface area contributed by atoms with E-state index >= 15 is 0 Å². The van der Waals surface area contributed by atoms with Crippen molar-refractivity contribution in [1.29, 1.82) is 0 Å². The fourth-order valence-electron chi connectivity index (χ4n) is 3.75. The van der Waals surface area contributed by atoms with Crippen LogP contribution in [0.4, 0.5) is 5.69 Å². The van der Waals surface area contributed by atoms with Crippen LogP contribution in [0, 0.1) is 12.8 Å². The Morgan fingerprint density at radius 2 is 2.11 bits per heavy atom. The number of aromatic amines is 1. The molecule has 1 aliphatic rings. The highest BCUT2D eigenvalue weighted by molar-refractivity contribution is 5.93. The third-order valence-corrected chi connectivity index (χ3v) is 5.57. The summed E-state index contributed by atoms with van der Waals surface area (Å²) in [5, 5.41) is 14.3. The molecular formula is C21H26N6O. The number of nitrogens with zero attached hydrogens (tertiary/aromatic N) is 4. The Balaban J connectivity index is 1.35. The molecule has 4 rings (SSSR count). The van der Waals surface area contributed by atoms with Crippen LogP contribution in [0.1, 0.15) is 24.1 Å². The average molecular weight is 378 g/mol. The number of rotatable bonds is 5. The molecule has 1 saturated heterocycles. The van der Waals surface area contributed by atoms with Crippen LogP contribution in [0.25, 0.3) is 11.3 Å². The third-order valence-electron chi connectivity index (χ3n) is 5.57. The lowest BCUT2D eigenvalue weighted by molar-refractivity contribution is -0.121. The van der Waals surface area contributed by atoms with Crippen molar-refractivity contribution in [3.63, 3.8) is 0 Å².